The fraction of sp³-hybridized carbons (Fsp3) is 0.400. The molecule has 0 bridgehead atoms. The first-order valence-electron chi connectivity index (χ1n) is 10.8. The van der Waals surface area contributed by atoms with Gasteiger partial charge in [0.15, 0.2) is 0 Å². The number of fused-ring (bicyclic) bond motifs is 1. The van der Waals surface area contributed by atoms with Crippen molar-refractivity contribution in [3.05, 3.63) is 70.9 Å². The number of aromatic nitrogens is 1. The Hall–Kier alpha value is -2.59. The predicted octanol–water partition coefficient (Wildman–Crippen LogP) is 4.52. The number of carbonyl (C=O) groups excluding carboxylic acids is 1. The third-order valence-electron chi connectivity index (χ3n) is 6.22. The third-order valence-corrected chi connectivity index (χ3v) is 6.22. The first-order valence-corrected chi connectivity index (χ1v) is 10.8. The van der Waals surface area contributed by atoms with Crippen LogP contribution in [0.2, 0.25) is 0 Å². The second-order valence-electron chi connectivity index (χ2n) is 8.17. The lowest BCUT2D eigenvalue weighted by Gasteiger charge is -2.14. The van der Waals surface area contributed by atoms with Crippen LogP contribution in [0.1, 0.15) is 46.4 Å². The van der Waals surface area contributed by atoms with Crippen LogP contribution in [0.5, 0.6) is 0 Å². The van der Waals surface area contributed by atoms with Crippen molar-refractivity contribution in [2.45, 2.75) is 39.7 Å². The van der Waals surface area contributed by atoms with Crippen molar-refractivity contribution in [3.8, 4) is 0 Å². The average Bonchev–Trinajstić information content (AvgIpc) is 3.35. The van der Waals surface area contributed by atoms with Crippen LogP contribution in [0, 0.1) is 13.8 Å². The molecular weight excluding hydrogens is 358 g/mol. The van der Waals surface area contributed by atoms with E-state index in [1.165, 1.54) is 53.7 Å². The number of amides is 1. The van der Waals surface area contributed by atoms with Crippen molar-refractivity contribution < 1.29 is 4.79 Å². The molecule has 1 amide bonds. The molecule has 0 radical (unpaired) electrons. The maximum Gasteiger partial charge on any atom is 0.251 e. The molecule has 4 nitrogen and oxygen atoms in total. The molecule has 4 rings (SSSR count). The number of aryl methyl sites for hydroxylation is 1. The number of nitrogens with zero attached hydrogens (tertiary/aromatic N) is 2. The summed E-state index contributed by atoms with van der Waals surface area (Å²) in [6.07, 6.45) is 3.64. The molecule has 1 saturated heterocycles. The quantitative estimate of drug-likeness (QED) is 0.603. The van der Waals surface area contributed by atoms with E-state index >= 15 is 0 Å². The standard InChI is InChI=1S/C25H31N3O/c1-19-20(2)28(18-21-9-4-3-5-10-21)24-12-11-22(17-23(19)24)25(29)26-13-8-16-27-14-6-7-15-27/h3-5,9-12,17H,6-8,13-16,18H2,1-2H3,(H,26,29). The summed E-state index contributed by atoms with van der Waals surface area (Å²) < 4.78 is 2.34. The molecule has 152 valence electrons. The van der Waals surface area contributed by atoms with E-state index in [1.54, 1.807) is 0 Å². The van der Waals surface area contributed by atoms with Crippen LogP contribution in [0.15, 0.2) is 48.5 Å². The van der Waals surface area contributed by atoms with Crippen LogP contribution in [-0.2, 0) is 6.54 Å². The second-order valence-corrected chi connectivity index (χ2v) is 8.17. The van der Waals surface area contributed by atoms with Crippen molar-refractivity contribution in [3.63, 3.8) is 0 Å². The Kier molecular flexibility index (Phi) is 6.00. The zero-order valence-corrected chi connectivity index (χ0v) is 17.6. The predicted molar refractivity (Wildman–Crippen MR) is 120 cm³/mol. The van der Waals surface area contributed by atoms with E-state index in [2.05, 4.69) is 65.0 Å². The molecule has 0 spiro atoms. The highest BCUT2D eigenvalue weighted by Gasteiger charge is 2.15. The van der Waals surface area contributed by atoms with Crippen molar-refractivity contribution in [1.29, 1.82) is 0 Å². The molecule has 1 aliphatic rings. The summed E-state index contributed by atoms with van der Waals surface area (Å²) >= 11 is 0. The van der Waals surface area contributed by atoms with Gasteiger partial charge in [-0.15, -0.1) is 0 Å². The van der Waals surface area contributed by atoms with Gasteiger partial charge in [0.25, 0.3) is 5.91 Å². The lowest BCUT2D eigenvalue weighted by atomic mass is 10.1. The summed E-state index contributed by atoms with van der Waals surface area (Å²) in [6, 6.07) is 16.6. The molecule has 0 unspecified atom stereocenters. The Morgan fingerprint density at radius 2 is 1.79 bits per heavy atom. The molecule has 2 heterocycles. The van der Waals surface area contributed by atoms with E-state index in [-0.39, 0.29) is 5.91 Å². The van der Waals surface area contributed by atoms with Gasteiger partial charge < -0.3 is 14.8 Å². The maximum atomic E-state index is 12.6. The Labute approximate surface area is 173 Å². The number of hydrogen-bond acceptors (Lipinski definition) is 2. The number of rotatable bonds is 7. The minimum atomic E-state index is 0.0289. The third kappa shape index (κ3) is 4.38. The zero-order chi connectivity index (χ0) is 20.2. The smallest absolute Gasteiger partial charge is 0.251 e. The minimum Gasteiger partial charge on any atom is -0.352 e. The van der Waals surface area contributed by atoms with Gasteiger partial charge in [-0.05, 0) is 82.1 Å². The molecule has 2 aromatic carbocycles. The molecule has 0 atom stereocenters. The van der Waals surface area contributed by atoms with Crippen molar-refractivity contribution in [1.82, 2.24) is 14.8 Å². The monoisotopic (exact) mass is 389 g/mol. The maximum absolute atomic E-state index is 12.6. The lowest BCUT2D eigenvalue weighted by Crippen LogP contribution is -2.28. The fourth-order valence-corrected chi connectivity index (χ4v) is 4.37. The number of hydrogen-bond donors (Lipinski definition) is 1. The van der Waals surface area contributed by atoms with Crippen LogP contribution in [0.4, 0.5) is 0 Å². The van der Waals surface area contributed by atoms with E-state index in [4.69, 9.17) is 0 Å². The Bertz CT molecular complexity index is 984. The highest BCUT2D eigenvalue weighted by atomic mass is 16.1. The molecule has 4 heteroatoms. The molecule has 1 aliphatic heterocycles. The zero-order valence-electron chi connectivity index (χ0n) is 17.6. The summed E-state index contributed by atoms with van der Waals surface area (Å²) in [7, 11) is 0. The van der Waals surface area contributed by atoms with Crippen LogP contribution < -0.4 is 5.32 Å². The van der Waals surface area contributed by atoms with E-state index in [9.17, 15) is 4.79 Å². The minimum absolute atomic E-state index is 0.0289. The Balaban J connectivity index is 1.45. The van der Waals surface area contributed by atoms with Crippen LogP contribution in [-0.4, -0.2) is 41.6 Å². The van der Waals surface area contributed by atoms with Gasteiger partial charge in [0.1, 0.15) is 0 Å². The Morgan fingerprint density at radius 1 is 1.03 bits per heavy atom. The van der Waals surface area contributed by atoms with E-state index in [0.29, 0.717) is 0 Å². The summed E-state index contributed by atoms with van der Waals surface area (Å²) in [4.78, 5) is 15.1. The SMILES string of the molecule is Cc1c(C)n(Cc2ccccc2)c2ccc(C(=O)NCCCN3CCCC3)cc12. The van der Waals surface area contributed by atoms with Gasteiger partial charge in [-0.1, -0.05) is 30.3 Å². The van der Waals surface area contributed by atoms with Gasteiger partial charge in [0.05, 0.1) is 0 Å². The summed E-state index contributed by atoms with van der Waals surface area (Å²) in [5.41, 5.74) is 5.73. The van der Waals surface area contributed by atoms with E-state index < -0.39 is 0 Å². The average molecular weight is 390 g/mol. The lowest BCUT2D eigenvalue weighted by molar-refractivity contribution is 0.0952. The molecule has 1 aromatic heterocycles. The van der Waals surface area contributed by atoms with Crippen LogP contribution in [0.3, 0.4) is 0 Å². The van der Waals surface area contributed by atoms with Crippen molar-refractivity contribution in [2.75, 3.05) is 26.2 Å². The molecule has 0 saturated carbocycles. The second kappa shape index (κ2) is 8.83. The van der Waals surface area contributed by atoms with Gasteiger partial charge in [0, 0.05) is 35.2 Å². The van der Waals surface area contributed by atoms with Crippen molar-refractivity contribution >= 4 is 16.8 Å². The molecule has 1 fully saturated rings. The summed E-state index contributed by atoms with van der Waals surface area (Å²) in [5, 5.41) is 4.27. The Morgan fingerprint density at radius 3 is 2.55 bits per heavy atom. The van der Waals surface area contributed by atoms with Gasteiger partial charge in [-0.2, -0.15) is 0 Å². The highest BCUT2D eigenvalue weighted by Crippen LogP contribution is 2.27. The largest absolute Gasteiger partial charge is 0.352 e. The van der Waals surface area contributed by atoms with Crippen molar-refractivity contribution in [2.24, 2.45) is 0 Å². The molecule has 3 aromatic rings. The summed E-state index contributed by atoms with van der Waals surface area (Å²) in [5.74, 6) is 0.0289. The number of likely N-dealkylation sites (tertiary alicyclic amines) is 1. The van der Waals surface area contributed by atoms with Crippen LogP contribution >= 0.6 is 0 Å². The van der Waals surface area contributed by atoms with Gasteiger partial charge in [-0.3, -0.25) is 4.79 Å². The number of benzene rings is 2. The highest BCUT2D eigenvalue weighted by molar-refractivity contribution is 5.99. The topological polar surface area (TPSA) is 37.3 Å². The normalized spacial score (nSPS) is 14.6. The first-order chi connectivity index (χ1) is 14.1. The van der Waals surface area contributed by atoms with E-state index in [1.807, 2.05) is 12.1 Å². The molecular formula is C25H31N3O. The number of carbonyl (C=O) groups is 1. The molecule has 29 heavy (non-hydrogen) atoms. The molecule has 0 aliphatic carbocycles. The first kappa shape index (κ1) is 19.7. The van der Waals surface area contributed by atoms with Gasteiger partial charge in [-0.25, -0.2) is 0 Å². The van der Waals surface area contributed by atoms with Gasteiger partial charge in [0.2, 0.25) is 0 Å². The fourth-order valence-electron chi connectivity index (χ4n) is 4.37. The molecule has 1 N–H and O–H groups in total. The summed E-state index contributed by atoms with van der Waals surface area (Å²) in [6.45, 7) is 9.40. The van der Waals surface area contributed by atoms with Gasteiger partial charge >= 0.3 is 0 Å². The van der Waals surface area contributed by atoms with Crippen LogP contribution in [0.25, 0.3) is 10.9 Å². The number of nitrogens with one attached hydrogen (secondary N) is 1. The van der Waals surface area contributed by atoms with E-state index in [0.717, 1.165) is 31.6 Å².